The van der Waals surface area contributed by atoms with Gasteiger partial charge in [0.1, 0.15) is 16.4 Å². The molecule has 0 fully saturated rings. The zero-order valence-corrected chi connectivity index (χ0v) is 19.3. The Bertz CT molecular complexity index is 1070. The van der Waals surface area contributed by atoms with Gasteiger partial charge >= 0.3 is 0 Å². The Morgan fingerprint density at radius 1 is 1.30 bits per heavy atom. The third-order valence-corrected chi connectivity index (χ3v) is 7.05. The van der Waals surface area contributed by atoms with Crippen LogP contribution in [0.5, 0.6) is 5.75 Å². The number of aromatic amines is 1. The predicted octanol–water partition coefficient (Wildman–Crippen LogP) is 4.33. The third-order valence-electron chi connectivity index (χ3n) is 4.79. The number of H-pyrrole nitrogens is 1. The number of nitrogens with zero attached hydrogens (tertiary/aromatic N) is 1. The van der Waals surface area contributed by atoms with E-state index in [0.29, 0.717) is 30.1 Å². The highest BCUT2D eigenvalue weighted by molar-refractivity contribution is 7.99. The summed E-state index contributed by atoms with van der Waals surface area (Å²) >= 11 is 2.98. The molecule has 1 aromatic carbocycles. The van der Waals surface area contributed by atoms with E-state index >= 15 is 0 Å². The van der Waals surface area contributed by atoms with Gasteiger partial charge in [-0.05, 0) is 50.5 Å². The summed E-state index contributed by atoms with van der Waals surface area (Å²) in [5.41, 5.74) is 1.89. The van der Waals surface area contributed by atoms with Crippen molar-refractivity contribution < 1.29 is 9.53 Å². The van der Waals surface area contributed by atoms with Gasteiger partial charge in [0.15, 0.2) is 0 Å². The van der Waals surface area contributed by atoms with E-state index in [1.165, 1.54) is 23.1 Å². The number of carbonyl (C=O) groups excluding carboxylic acids is 1. The molecule has 1 unspecified atom stereocenters. The van der Waals surface area contributed by atoms with Gasteiger partial charge in [0, 0.05) is 11.4 Å². The number of hydrogen-bond donors (Lipinski definition) is 2. The molecule has 0 aliphatic carbocycles. The van der Waals surface area contributed by atoms with Crippen molar-refractivity contribution in [1.82, 2.24) is 15.3 Å². The quantitative estimate of drug-likeness (QED) is 0.512. The zero-order chi connectivity index (χ0) is 21.7. The maximum Gasteiger partial charge on any atom is 0.259 e. The molecular weight excluding hydrogens is 418 g/mol. The molecule has 0 aliphatic heterocycles. The predicted molar refractivity (Wildman–Crippen MR) is 125 cm³/mol. The fourth-order valence-corrected chi connectivity index (χ4v) is 4.73. The molecule has 1 atom stereocenters. The first-order chi connectivity index (χ1) is 14.4. The second kappa shape index (κ2) is 10.1. The minimum atomic E-state index is -0.259. The second-order valence-corrected chi connectivity index (χ2v) is 9.67. The first-order valence-corrected chi connectivity index (χ1v) is 11.9. The first kappa shape index (κ1) is 22.4. The first-order valence-electron chi connectivity index (χ1n) is 9.99. The normalized spacial score (nSPS) is 12.1. The van der Waals surface area contributed by atoms with Crippen molar-refractivity contribution in [2.24, 2.45) is 0 Å². The summed E-state index contributed by atoms with van der Waals surface area (Å²) in [5, 5.41) is 3.37. The van der Waals surface area contributed by atoms with Gasteiger partial charge in [-0.3, -0.25) is 9.59 Å². The average Bonchev–Trinajstić information content (AvgIpc) is 3.03. The van der Waals surface area contributed by atoms with Crippen LogP contribution in [0.1, 0.15) is 42.1 Å². The molecule has 0 radical (unpaired) electrons. The van der Waals surface area contributed by atoms with E-state index in [-0.39, 0.29) is 16.7 Å². The summed E-state index contributed by atoms with van der Waals surface area (Å²) in [6.45, 7) is 9.03. The molecule has 3 aromatic rings. The lowest BCUT2D eigenvalue weighted by atomic mass is 10.2. The number of ether oxygens (including phenoxy) is 1. The summed E-state index contributed by atoms with van der Waals surface area (Å²) in [6.07, 6.45) is 0.969. The van der Waals surface area contributed by atoms with Crippen molar-refractivity contribution in [1.29, 1.82) is 0 Å². The van der Waals surface area contributed by atoms with E-state index in [0.717, 1.165) is 33.0 Å². The van der Waals surface area contributed by atoms with E-state index in [4.69, 9.17) is 4.74 Å². The lowest BCUT2D eigenvalue weighted by Crippen LogP contribution is -2.30. The molecule has 2 heterocycles. The van der Waals surface area contributed by atoms with Crippen LogP contribution in [0, 0.1) is 13.8 Å². The Morgan fingerprint density at radius 2 is 2.03 bits per heavy atom. The van der Waals surface area contributed by atoms with Gasteiger partial charge in [-0.25, -0.2) is 4.98 Å². The maximum absolute atomic E-state index is 12.4. The van der Waals surface area contributed by atoms with Crippen LogP contribution in [0.4, 0.5) is 0 Å². The van der Waals surface area contributed by atoms with E-state index < -0.39 is 0 Å². The van der Waals surface area contributed by atoms with E-state index in [1.54, 1.807) is 0 Å². The summed E-state index contributed by atoms with van der Waals surface area (Å²) in [5.74, 6) is 1.86. The van der Waals surface area contributed by atoms with Crippen LogP contribution in [0.3, 0.4) is 0 Å². The second-order valence-electron chi connectivity index (χ2n) is 7.14. The smallest absolute Gasteiger partial charge is 0.259 e. The molecule has 1 amide bonds. The van der Waals surface area contributed by atoms with E-state index in [2.05, 4.69) is 22.2 Å². The van der Waals surface area contributed by atoms with Crippen molar-refractivity contribution in [3.8, 4) is 5.75 Å². The molecule has 0 saturated carbocycles. The van der Waals surface area contributed by atoms with Gasteiger partial charge in [0.05, 0.1) is 23.0 Å². The molecule has 3 rings (SSSR count). The number of aryl methyl sites for hydroxylation is 2. The van der Waals surface area contributed by atoms with Crippen molar-refractivity contribution in [3.63, 3.8) is 0 Å². The SMILES string of the molecule is CCCOc1ccc(CNC(=O)C(C)SCc2nc3sc(C)c(C)c3c(=O)[nH]2)cc1. The number of thiophene rings is 1. The maximum atomic E-state index is 12.4. The van der Waals surface area contributed by atoms with Gasteiger partial charge in [0.2, 0.25) is 5.91 Å². The number of fused-ring (bicyclic) bond motifs is 1. The van der Waals surface area contributed by atoms with Gasteiger partial charge in [-0.15, -0.1) is 23.1 Å². The molecular formula is C22H27N3O3S2. The molecule has 8 heteroatoms. The van der Waals surface area contributed by atoms with E-state index in [9.17, 15) is 9.59 Å². The van der Waals surface area contributed by atoms with Gasteiger partial charge in [0.25, 0.3) is 5.56 Å². The number of aromatic nitrogens is 2. The number of benzene rings is 1. The molecule has 2 aromatic heterocycles. The number of carbonyl (C=O) groups is 1. The molecule has 160 valence electrons. The highest BCUT2D eigenvalue weighted by Gasteiger charge is 2.16. The third kappa shape index (κ3) is 5.43. The van der Waals surface area contributed by atoms with Gasteiger partial charge in [-0.1, -0.05) is 19.1 Å². The van der Waals surface area contributed by atoms with Crippen molar-refractivity contribution in [2.75, 3.05) is 6.61 Å². The van der Waals surface area contributed by atoms with Crippen LogP contribution in [-0.4, -0.2) is 27.7 Å². The molecule has 0 saturated heterocycles. The Kier molecular flexibility index (Phi) is 7.55. The summed E-state index contributed by atoms with van der Waals surface area (Å²) in [7, 11) is 0. The Hall–Kier alpha value is -2.32. The standard InChI is InChI=1S/C22H27N3O3S2/c1-5-10-28-17-8-6-16(7-9-17)11-23-20(26)15(4)29-12-18-24-21(27)19-13(2)14(3)30-22(19)25-18/h6-9,15H,5,10-12H2,1-4H3,(H,23,26)(H,24,25,27). The van der Waals surface area contributed by atoms with Crippen LogP contribution < -0.4 is 15.6 Å². The molecule has 0 bridgehead atoms. The van der Waals surface area contributed by atoms with E-state index in [1.807, 2.05) is 45.0 Å². The van der Waals surface area contributed by atoms with Crippen LogP contribution in [-0.2, 0) is 17.1 Å². The minimum Gasteiger partial charge on any atom is -0.494 e. The summed E-state index contributed by atoms with van der Waals surface area (Å²) in [6, 6.07) is 7.75. The lowest BCUT2D eigenvalue weighted by molar-refractivity contribution is -0.120. The number of amides is 1. The number of nitrogens with one attached hydrogen (secondary N) is 2. The van der Waals surface area contributed by atoms with Crippen molar-refractivity contribution in [2.45, 2.75) is 51.7 Å². The summed E-state index contributed by atoms with van der Waals surface area (Å²) < 4.78 is 5.57. The van der Waals surface area contributed by atoms with Crippen LogP contribution in [0.2, 0.25) is 0 Å². The van der Waals surface area contributed by atoms with Crippen LogP contribution in [0.15, 0.2) is 29.1 Å². The monoisotopic (exact) mass is 445 g/mol. The zero-order valence-electron chi connectivity index (χ0n) is 17.7. The summed E-state index contributed by atoms with van der Waals surface area (Å²) in [4.78, 5) is 34.1. The highest BCUT2D eigenvalue weighted by atomic mass is 32.2. The van der Waals surface area contributed by atoms with Gasteiger partial charge < -0.3 is 15.0 Å². The minimum absolute atomic E-state index is 0.0439. The topological polar surface area (TPSA) is 84.1 Å². The fourth-order valence-electron chi connectivity index (χ4n) is 2.90. The molecule has 6 nitrogen and oxygen atoms in total. The van der Waals surface area contributed by atoms with Gasteiger partial charge in [-0.2, -0.15) is 0 Å². The average molecular weight is 446 g/mol. The van der Waals surface area contributed by atoms with Crippen LogP contribution in [0.25, 0.3) is 10.2 Å². The fraction of sp³-hybridized carbons (Fsp3) is 0.409. The Balaban J connectivity index is 1.52. The Morgan fingerprint density at radius 3 is 2.73 bits per heavy atom. The molecule has 2 N–H and O–H groups in total. The number of thioether (sulfide) groups is 1. The van der Waals surface area contributed by atoms with Crippen molar-refractivity contribution in [3.05, 3.63) is 56.4 Å². The molecule has 0 spiro atoms. The Labute approximate surface area is 184 Å². The highest BCUT2D eigenvalue weighted by Crippen LogP contribution is 2.26. The number of rotatable bonds is 9. The van der Waals surface area contributed by atoms with Crippen LogP contribution >= 0.6 is 23.1 Å². The molecule has 30 heavy (non-hydrogen) atoms. The largest absolute Gasteiger partial charge is 0.494 e. The number of hydrogen-bond acceptors (Lipinski definition) is 6. The molecule has 0 aliphatic rings. The lowest BCUT2D eigenvalue weighted by Gasteiger charge is -2.12. The van der Waals surface area contributed by atoms with Crippen molar-refractivity contribution >= 4 is 39.2 Å².